The molecule has 0 fully saturated rings. The molecule has 0 spiro atoms. The summed E-state index contributed by atoms with van der Waals surface area (Å²) in [6, 6.07) is 10.1. The van der Waals surface area contributed by atoms with Gasteiger partial charge in [-0.1, -0.05) is 19.1 Å². The van der Waals surface area contributed by atoms with Gasteiger partial charge in [0.15, 0.2) is 0 Å². The Bertz CT molecular complexity index is 473. The molecule has 3 nitrogen and oxygen atoms in total. The maximum Gasteiger partial charge on any atom is 0.125 e. The molecule has 0 saturated carbocycles. The zero-order chi connectivity index (χ0) is 12.8. The molecule has 1 aromatic carbocycles. The zero-order valence-electron chi connectivity index (χ0n) is 10.9. The van der Waals surface area contributed by atoms with E-state index >= 15 is 0 Å². The van der Waals surface area contributed by atoms with Crippen LogP contribution in [0.15, 0.2) is 41.0 Å². The van der Waals surface area contributed by atoms with Crippen LogP contribution in [0.3, 0.4) is 0 Å². The summed E-state index contributed by atoms with van der Waals surface area (Å²) in [6.07, 6.45) is 2.75. The van der Waals surface area contributed by atoms with Crippen LogP contribution in [0.5, 0.6) is 5.75 Å². The number of nitrogens with one attached hydrogen (secondary N) is 1. The molecule has 0 aliphatic rings. The standard InChI is InChI=1S/C15H19NO2/c1-3-9-17-13-6-4-12(5-7-13)14-8-10-18-15(14)11-16-2/h4-8,10,16H,3,9,11H2,1-2H3. The lowest BCUT2D eigenvalue weighted by atomic mass is 10.1. The van der Waals surface area contributed by atoms with Crippen LogP contribution in [-0.4, -0.2) is 13.7 Å². The van der Waals surface area contributed by atoms with Crippen LogP contribution >= 0.6 is 0 Å². The van der Waals surface area contributed by atoms with Crippen molar-refractivity contribution in [1.29, 1.82) is 0 Å². The summed E-state index contributed by atoms with van der Waals surface area (Å²) in [5, 5.41) is 3.10. The van der Waals surface area contributed by atoms with Gasteiger partial charge < -0.3 is 14.5 Å². The van der Waals surface area contributed by atoms with E-state index in [4.69, 9.17) is 9.15 Å². The molecular weight excluding hydrogens is 226 g/mol. The number of hydrogen-bond donors (Lipinski definition) is 1. The van der Waals surface area contributed by atoms with Crippen LogP contribution in [0.2, 0.25) is 0 Å². The predicted octanol–water partition coefficient (Wildman–Crippen LogP) is 3.45. The Morgan fingerprint density at radius 3 is 2.61 bits per heavy atom. The Kier molecular flexibility index (Phi) is 4.42. The quantitative estimate of drug-likeness (QED) is 0.846. The van der Waals surface area contributed by atoms with Crippen LogP contribution in [-0.2, 0) is 6.54 Å². The molecule has 96 valence electrons. The minimum Gasteiger partial charge on any atom is -0.494 e. The SMILES string of the molecule is CCCOc1ccc(-c2ccoc2CNC)cc1. The van der Waals surface area contributed by atoms with Gasteiger partial charge in [0, 0.05) is 5.56 Å². The van der Waals surface area contributed by atoms with E-state index in [1.807, 2.05) is 25.2 Å². The Labute approximate surface area is 108 Å². The van der Waals surface area contributed by atoms with Crippen molar-refractivity contribution in [2.24, 2.45) is 0 Å². The largest absolute Gasteiger partial charge is 0.494 e. The molecule has 1 N–H and O–H groups in total. The second-order valence-electron chi connectivity index (χ2n) is 4.16. The van der Waals surface area contributed by atoms with E-state index in [1.54, 1.807) is 6.26 Å². The van der Waals surface area contributed by atoms with Gasteiger partial charge in [-0.25, -0.2) is 0 Å². The van der Waals surface area contributed by atoms with Crippen LogP contribution in [0.25, 0.3) is 11.1 Å². The summed E-state index contributed by atoms with van der Waals surface area (Å²) in [5.41, 5.74) is 2.28. The first-order chi connectivity index (χ1) is 8.85. The van der Waals surface area contributed by atoms with E-state index in [9.17, 15) is 0 Å². The summed E-state index contributed by atoms with van der Waals surface area (Å²) in [4.78, 5) is 0. The highest BCUT2D eigenvalue weighted by molar-refractivity contribution is 5.66. The van der Waals surface area contributed by atoms with Crippen molar-refractivity contribution >= 4 is 0 Å². The first-order valence-electron chi connectivity index (χ1n) is 6.29. The van der Waals surface area contributed by atoms with Gasteiger partial charge in [0.25, 0.3) is 0 Å². The van der Waals surface area contributed by atoms with Gasteiger partial charge >= 0.3 is 0 Å². The highest BCUT2D eigenvalue weighted by Crippen LogP contribution is 2.26. The molecule has 0 radical (unpaired) electrons. The van der Waals surface area contributed by atoms with Crippen molar-refractivity contribution < 1.29 is 9.15 Å². The van der Waals surface area contributed by atoms with Gasteiger partial charge in [-0.15, -0.1) is 0 Å². The fourth-order valence-corrected chi connectivity index (χ4v) is 1.85. The molecule has 1 aromatic heterocycles. The van der Waals surface area contributed by atoms with Crippen molar-refractivity contribution in [3.05, 3.63) is 42.4 Å². The first kappa shape index (κ1) is 12.7. The third-order valence-electron chi connectivity index (χ3n) is 2.72. The fourth-order valence-electron chi connectivity index (χ4n) is 1.85. The topological polar surface area (TPSA) is 34.4 Å². The Morgan fingerprint density at radius 1 is 1.17 bits per heavy atom. The van der Waals surface area contributed by atoms with E-state index in [0.717, 1.165) is 42.2 Å². The van der Waals surface area contributed by atoms with Gasteiger partial charge in [0.2, 0.25) is 0 Å². The van der Waals surface area contributed by atoms with Crippen LogP contribution in [0.4, 0.5) is 0 Å². The normalized spacial score (nSPS) is 10.6. The van der Waals surface area contributed by atoms with Crippen molar-refractivity contribution in [1.82, 2.24) is 5.32 Å². The summed E-state index contributed by atoms with van der Waals surface area (Å²) in [5.74, 6) is 1.87. The molecule has 2 rings (SSSR count). The van der Waals surface area contributed by atoms with Crippen molar-refractivity contribution in [3.8, 4) is 16.9 Å². The first-order valence-corrected chi connectivity index (χ1v) is 6.29. The fraction of sp³-hybridized carbons (Fsp3) is 0.333. The van der Waals surface area contributed by atoms with E-state index in [-0.39, 0.29) is 0 Å². The molecule has 0 bridgehead atoms. The zero-order valence-corrected chi connectivity index (χ0v) is 10.9. The average molecular weight is 245 g/mol. The number of rotatable bonds is 6. The van der Waals surface area contributed by atoms with Crippen LogP contribution in [0.1, 0.15) is 19.1 Å². The molecule has 2 aromatic rings. The predicted molar refractivity (Wildman–Crippen MR) is 72.7 cm³/mol. The summed E-state index contributed by atoms with van der Waals surface area (Å²) >= 11 is 0. The van der Waals surface area contributed by atoms with Gasteiger partial charge in [-0.2, -0.15) is 0 Å². The second kappa shape index (κ2) is 6.26. The Hall–Kier alpha value is -1.74. The van der Waals surface area contributed by atoms with Gasteiger partial charge in [0.1, 0.15) is 11.5 Å². The molecule has 3 heteroatoms. The highest BCUT2D eigenvalue weighted by atomic mass is 16.5. The molecular formula is C15H19NO2. The third-order valence-corrected chi connectivity index (χ3v) is 2.72. The molecule has 0 saturated heterocycles. The Balaban J connectivity index is 2.15. The molecule has 0 aliphatic heterocycles. The lowest BCUT2D eigenvalue weighted by Crippen LogP contribution is -2.04. The van der Waals surface area contributed by atoms with Crippen LogP contribution < -0.4 is 10.1 Å². The van der Waals surface area contributed by atoms with E-state index in [2.05, 4.69) is 24.4 Å². The summed E-state index contributed by atoms with van der Waals surface area (Å²) in [7, 11) is 1.91. The minimum atomic E-state index is 0.733. The van der Waals surface area contributed by atoms with Crippen LogP contribution in [0, 0.1) is 0 Å². The number of furan rings is 1. The van der Waals surface area contributed by atoms with Gasteiger partial charge in [0.05, 0.1) is 19.4 Å². The number of benzene rings is 1. The Morgan fingerprint density at radius 2 is 1.94 bits per heavy atom. The molecule has 0 atom stereocenters. The monoisotopic (exact) mass is 245 g/mol. The number of hydrogen-bond acceptors (Lipinski definition) is 3. The minimum absolute atomic E-state index is 0.733. The summed E-state index contributed by atoms with van der Waals surface area (Å²) in [6.45, 7) is 3.59. The molecule has 1 heterocycles. The molecule has 0 aliphatic carbocycles. The maximum absolute atomic E-state index is 5.57. The lowest BCUT2D eigenvalue weighted by Gasteiger charge is -2.06. The van der Waals surface area contributed by atoms with Gasteiger partial charge in [-0.3, -0.25) is 0 Å². The van der Waals surface area contributed by atoms with Crippen molar-refractivity contribution in [3.63, 3.8) is 0 Å². The molecule has 0 amide bonds. The van der Waals surface area contributed by atoms with E-state index in [0.29, 0.717) is 0 Å². The second-order valence-corrected chi connectivity index (χ2v) is 4.16. The maximum atomic E-state index is 5.57. The third kappa shape index (κ3) is 2.93. The van der Waals surface area contributed by atoms with Gasteiger partial charge in [-0.05, 0) is 37.2 Å². The van der Waals surface area contributed by atoms with Crippen molar-refractivity contribution in [2.45, 2.75) is 19.9 Å². The molecule has 0 unspecified atom stereocenters. The molecule has 18 heavy (non-hydrogen) atoms. The van der Waals surface area contributed by atoms with E-state index < -0.39 is 0 Å². The average Bonchev–Trinajstić information content (AvgIpc) is 2.86. The highest BCUT2D eigenvalue weighted by Gasteiger charge is 2.07. The smallest absolute Gasteiger partial charge is 0.125 e. The number of ether oxygens (including phenoxy) is 1. The summed E-state index contributed by atoms with van der Waals surface area (Å²) < 4.78 is 11.0. The lowest BCUT2D eigenvalue weighted by molar-refractivity contribution is 0.317. The van der Waals surface area contributed by atoms with E-state index in [1.165, 1.54) is 0 Å². The van der Waals surface area contributed by atoms with Crippen molar-refractivity contribution in [2.75, 3.05) is 13.7 Å².